The predicted molar refractivity (Wildman–Crippen MR) is 97.9 cm³/mol. The van der Waals surface area contributed by atoms with Crippen molar-refractivity contribution < 1.29 is 9.53 Å². The zero-order valence-electron chi connectivity index (χ0n) is 13.9. The maximum Gasteiger partial charge on any atom is 0.119 e. The van der Waals surface area contributed by atoms with Crippen LogP contribution in [0.25, 0.3) is 6.08 Å². The molecule has 0 aliphatic carbocycles. The molecule has 0 aromatic heterocycles. The zero-order valence-corrected chi connectivity index (χ0v) is 13.9. The van der Waals surface area contributed by atoms with Gasteiger partial charge in [-0.3, -0.25) is 0 Å². The summed E-state index contributed by atoms with van der Waals surface area (Å²) in [6, 6.07) is 16.8. The Bertz CT molecular complexity index is 622. The van der Waals surface area contributed by atoms with Gasteiger partial charge in [0.1, 0.15) is 19.1 Å². The number of hydrogen-bond donors (Lipinski definition) is 0. The third-order valence-corrected chi connectivity index (χ3v) is 3.81. The summed E-state index contributed by atoms with van der Waals surface area (Å²) in [7, 11) is 0. The molecule has 0 saturated heterocycles. The highest BCUT2D eigenvalue weighted by molar-refractivity contribution is 5.49. The largest absolute Gasteiger partial charge is 0.490 e. The summed E-state index contributed by atoms with van der Waals surface area (Å²) in [6.45, 7) is 14.4. The molecule has 0 N–H and O–H groups in total. The monoisotopic (exact) mass is 308 g/mol. The number of carbonyl (C=O) groups is 1. The van der Waals surface area contributed by atoms with Crippen molar-refractivity contribution in [1.29, 1.82) is 0 Å². The third kappa shape index (κ3) is 4.68. The highest BCUT2D eigenvalue weighted by Crippen LogP contribution is 2.32. The molecule has 0 heterocycles. The summed E-state index contributed by atoms with van der Waals surface area (Å²) in [5.41, 5.74) is 3.65. The van der Waals surface area contributed by atoms with E-state index < -0.39 is 0 Å². The van der Waals surface area contributed by atoms with Crippen molar-refractivity contribution in [2.75, 3.05) is 6.61 Å². The summed E-state index contributed by atoms with van der Waals surface area (Å²) in [6.07, 6.45) is 3.61. The summed E-state index contributed by atoms with van der Waals surface area (Å²) < 4.78 is 5.53. The predicted octanol–water partition coefficient (Wildman–Crippen LogP) is 5.04. The molecule has 2 rings (SSSR count). The van der Waals surface area contributed by atoms with Gasteiger partial charge in [0.05, 0.1) is 0 Å². The number of hydrogen-bond acceptors (Lipinski definition) is 2. The average Bonchev–Trinajstić information content (AvgIpc) is 2.62. The molecule has 0 amide bonds. The van der Waals surface area contributed by atoms with Crippen LogP contribution in [0.4, 0.5) is 0 Å². The quantitative estimate of drug-likeness (QED) is 0.699. The van der Waals surface area contributed by atoms with Crippen LogP contribution >= 0.6 is 0 Å². The van der Waals surface area contributed by atoms with E-state index in [2.05, 4.69) is 63.4 Å². The van der Waals surface area contributed by atoms with Gasteiger partial charge in [-0.05, 0) is 28.8 Å². The second-order valence-corrected chi connectivity index (χ2v) is 5.58. The Hall–Kier alpha value is -2.61. The van der Waals surface area contributed by atoms with Crippen LogP contribution in [0.3, 0.4) is 0 Å². The molecule has 2 aromatic rings. The highest BCUT2D eigenvalue weighted by atomic mass is 16.5. The minimum Gasteiger partial charge on any atom is -0.490 e. The fourth-order valence-corrected chi connectivity index (χ4v) is 2.33. The summed E-state index contributed by atoms with van der Waals surface area (Å²) in [4.78, 5) is 8.00. The minimum absolute atomic E-state index is 0.0450. The van der Waals surface area contributed by atoms with Crippen LogP contribution in [0.1, 0.15) is 30.5 Å². The molecular weight excluding hydrogens is 284 g/mol. The first-order valence-corrected chi connectivity index (χ1v) is 7.44. The molecule has 0 bridgehead atoms. The molecule has 2 nitrogen and oxygen atoms in total. The van der Waals surface area contributed by atoms with Crippen LogP contribution in [-0.4, -0.2) is 13.4 Å². The molecular formula is C21H24O2. The third-order valence-electron chi connectivity index (χ3n) is 3.81. The molecule has 2 aromatic carbocycles. The van der Waals surface area contributed by atoms with Gasteiger partial charge in [0.2, 0.25) is 0 Å². The summed E-state index contributed by atoms with van der Waals surface area (Å²) in [5, 5.41) is 0. The van der Waals surface area contributed by atoms with Crippen LogP contribution in [-0.2, 0) is 10.2 Å². The van der Waals surface area contributed by atoms with Gasteiger partial charge in [0.25, 0.3) is 0 Å². The van der Waals surface area contributed by atoms with E-state index >= 15 is 0 Å². The van der Waals surface area contributed by atoms with Gasteiger partial charge in [0, 0.05) is 5.41 Å². The Kier molecular flexibility index (Phi) is 7.01. The van der Waals surface area contributed by atoms with Crippen molar-refractivity contribution in [2.24, 2.45) is 0 Å². The van der Waals surface area contributed by atoms with Crippen LogP contribution in [0, 0.1) is 0 Å². The topological polar surface area (TPSA) is 26.3 Å². The highest BCUT2D eigenvalue weighted by Gasteiger charge is 2.22. The first kappa shape index (κ1) is 18.4. The first-order chi connectivity index (χ1) is 11.1. The van der Waals surface area contributed by atoms with Gasteiger partial charge in [-0.1, -0.05) is 75.6 Å². The smallest absolute Gasteiger partial charge is 0.119 e. The molecule has 2 heteroatoms. The van der Waals surface area contributed by atoms with E-state index in [4.69, 9.17) is 9.53 Å². The van der Waals surface area contributed by atoms with Crippen molar-refractivity contribution in [3.05, 3.63) is 84.5 Å². The van der Waals surface area contributed by atoms with Crippen LogP contribution in [0.5, 0.6) is 5.75 Å². The van der Waals surface area contributed by atoms with Gasteiger partial charge >= 0.3 is 0 Å². The van der Waals surface area contributed by atoms with E-state index in [0.717, 1.165) is 11.3 Å². The van der Waals surface area contributed by atoms with Crippen molar-refractivity contribution in [1.82, 2.24) is 0 Å². The van der Waals surface area contributed by atoms with Crippen LogP contribution in [0.15, 0.2) is 67.8 Å². The molecule has 120 valence electrons. The molecule has 0 fully saturated rings. The van der Waals surface area contributed by atoms with Gasteiger partial charge in [0.15, 0.2) is 0 Å². The van der Waals surface area contributed by atoms with Gasteiger partial charge in [-0.2, -0.15) is 0 Å². The van der Waals surface area contributed by atoms with E-state index in [1.165, 1.54) is 11.1 Å². The lowest BCUT2D eigenvalue weighted by Gasteiger charge is -2.26. The summed E-state index contributed by atoms with van der Waals surface area (Å²) >= 11 is 0. The van der Waals surface area contributed by atoms with Gasteiger partial charge in [-0.15, -0.1) is 0 Å². The van der Waals surface area contributed by atoms with Crippen LogP contribution in [0.2, 0.25) is 0 Å². The molecule has 0 unspecified atom stereocenters. The Morgan fingerprint density at radius 1 is 0.913 bits per heavy atom. The van der Waals surface area contributed by atoms with E-state index in [-0.39, 0.29) is 5.41 Å². The Morgan fingerprint density at radius 2 is 1.39 bits per heavy atom. The lowest BCUT2D eigenvalue weighted by molar-refractivity contribution is -0.0979. The second kappa shape index (κ2) is 8.74. The first-order valence-electron chi connectivity index (χ1n) is 7.44. The van der Waals surface area contributed by atoms with Gasteiger partial charge < -0.3 is 9.53 Å². The van der Waals surface area contributed by atoms with E-state index in [1.54, 1.807) is 6.08 Å². The van der Waals surface area contributed by atoms with Gasteiger partial charge in [-0.25, -0.2) is 0 Å². The molecule has 0 aliphatic rings. The Labute approximate surface area is 139 Å². The van der Waals surface area contributed by atoms with Crippen molar-refractivity contribution in [3.63, 3.8) is 0 Å². The van der Waals surface area contributed by atoms with E-state index in [1.807, 2.05) is 25.0 Å². The fraction of sp³-hybridized carbons (Fsp3) is 0.190. The normalized spacial score (nSPS) is 10.2. The Balaban J connectivity index is 0.00000127. The maximum absolute atomic E-state index is 8.00. The van der Waals surface area contributed by atoms with Crippen molar-refractivity contribution in [2.45, 2.75) is 19.3 Å². The molecule has 23 heavy (non-hydrogen) atoms. The summed E-state index contributed by atoms with van der Waals surface area (Å²) in [5.74, 6) is 0.872. The molecule has 0 saturated carbocycles. The fourth-order valence-electron chi connectivity index (χ4n) is 2.33. The molecule has 0 atom stereocenters. The minimum atomic E-state index is -0.0450. The maximum atomic E-state index is 8.00. The van der Waals surface area contributed by atoms with E-state index in [0.29, 0.717) is 6.61 Å². The van der Waals surface area contributed by atoms with Crippen molar-refractivity contribution in [3.8, 4) is 5.75 Å². The number of carbonyl (C=O) groups excluding carboxylic acids is 1. The lowest BCUT2D eigenvalue weighted by atomic mass is 9.78. The van der Waals surface area contributed by atoms with E-state index in [9.17, 15) is 0 Å². The number of benzene rings is 2. The number of ether oxygens (including phenoxy) is 1. The lowest BCUT2D eigenvalue weighted by Crippen LogP contribution is -2.18. The Morgan fingerprint density at radius 3 is 1.83 bits per heavy atom. The average molecular weight is 308 g/mol. The van der Waals surface area contributed by atoms with Crippen LogP contribution < -0.4 is 4.74 Å². The number of rotatable bonds is 6. The van der Waals surface area contributed by atoms with Crippen molar-refractivity contribution >= 4 is 12.9 Å². The molecule has 0 radical (unpaired) electrons. The SMILES string of the molecule is C=CCOc1ccc(C(C)(C)c2ccc(C=C)cc2)cc1.C=O. The standard InChI is InChI=1S/C20H22O.CH2O/c1-5-15-21-19-13-11-18(12-14-19)20(3,4)17-9-7-16(6-2)8-10-17;1-2/h5-14H,1-2,15H2,3-4H3;1H2. The second-order valence-electron chi connectivity index (χ2n) is 5.58. The molecule has 0 aliphatic heterocycles. The molecule has 0 spiro atoms. The zero-order chi connectivity index (χ0) is 17.3.